The fraction of sp³-hybridized carbons (Fsp3) is 0.786. The van der Waals surface area contributed by atoms with Crippen molar-refractivity contribution >= 4 is 0 Å². The fourth-order valence-corrected chi connectivity index (χ4v) is 2.04. The Morgan fingerprint density at radius 2 is 2.19 bits per heavy atom. The standard InChI is InChI=1S/C14H21O2/c1-12-11-13(12)7-3-2-5-9-15-14-8-4-6-10-16-14/h12-14H,1,3-4,6-11H2. The van der Waals surface area contributed by atoms with E-state index in [9.17, 15) is 0 Å². The molecule has 2 rings (SSSR count). The minimum atomic E-state index is -0.00398. The molecule has 0 N–H and O–H groups in total. The van der Waals surface area contributed by atoms with E-state index in [1.54, 1.807) is 0 Å². The van der Waals surface area contributed by atoms with Crippen molar-refractivity contribution in [1.82, 2.24) is 0 Å². The van der Waals surface area contributed by atoms with Gasteiger partial charge in [0, 0.05) is 13.0 Å². The summed E-state index contributed by atoms with van der Waals surface area (Å²) in [5.74, 6) is 7.76. The molecule has 89 valence electrons. The molecule has 1 saturated carbocycles. The van der Waals surface area contributed by atoms with Crippen LogP contribution in [0.4, 0.5) is 0 Å². The summed E-state index contributed by atoms with van der Waals surface area (Å²) in [5.41, 5.74) is 0. The summed E-state index contributed by atoms with van der Waals surface area (Å²) in [6, 6.07) is 0. The van der Waals surface area contributed by atoms with Gasteiger partial charge in [0.05, 0.1) is 0 Å². The van der Waals surface area contributed by atoms with Crippen molar-refractivity contribution in [3.63, 3.8) is 0 Å². The summed E-state index contributed by atoms with van der Waals surface area (Å²) >= 11 is 0. The van der Waals surface area contributed by atoms with Gasteiger partial charge in [0.15, 0.2) is 6.29 Å². The quantitative estimate of drug-likeness (QED) is 0.680. The third-order valence-electron chi connectivity index (χ3n) is 3.31. The molecule has 0 amide bonds. The molecule has 0 spiro atoms. The van der Waals surface area contributed by atoms with Crippen molar-refractivity contribution in [2.75, 3.05) is 13.2 Å². The van der Waals surface area contributed by atoms with Crippen LogP contribution >= 0.6 is 0 Å². The zero-order valence-corrected chi connectivity index (χ0v) is 9.91. The molecule has 1 aliphatic carbocycles. The highest BCUT2D eigenvalue weighted by Gasteiger charge is 2.31. The first-order chi connectivity index (χ1) is 7.86. The predicted octanol–water partition coefficient (Wildman–Crippen LogP) is 2.78. The van der Waals surface area contributed by atoms with Crippen molar-refractivity contribution in [3.8, 4) is 11.8 Å². The van der Waals surface area contributed by atoms with Gasteiger partial charge in [-0.2, -0.15) is 0 Å². The molecule has 0 aromatic heterocycles. The first-order valence-electron chi connectivity index (χ1n) is 6.38. The third-order valence-corrected chi connectivity index (χ3v) is 3.31. The van der Waals surface area contributed by atoms with Gasteiger partial charge in [-0.15, -0.1) is 5.92 Å². The van der Waals surface area contributed by atoms with Gasteiger partial charge in [0.1, 0.15) is 6.61 Å². The molecule has 1 heterocycles. The van der Waals surface area contributed by atoms with Crippen LogP contribution in [0.2, 0.25) is 0 Å². The van der Waals surface area contributed by atoms with E-state index in [1.807, 2.05) is 0 Å². The monoisotopic (exact) mass is 221 g/mol. The molecule has 1 aliphatic heterocycles. The lowest BCUT2D eigenvalue weighted by molar-refractivity contribution is -0.154. The van der Waals surface area contributed by atoms with Gasteiger partial charge in [-0.05, 0) is 50.9 Å². The lowest BCUT2D eigenvalue weighted by Crippen LogP contribution is -2.22. The molecular formula is C14H21O2. The first-order valence-corrected chi connectivity index (χ1v) is 6.38. The summed E-state index contributed by atoms with van der Waals surface area (Å²) in [6.45, 7) is 5.37. The lowest BCUT2D eigenvalue weighted by Gasteiger charge is -2.21. The van der Waals surface area contributed by atoms with Crippen LogP contribution in [0.3, 0.4) is 0 Å². The van der Waals surface area contributed by atoms with Crippen LogP contribution in [0, 0.1) is 30.6 Å². The SMILES string of the molecule is [CH2]C1CC1CCC#CCOC1CCCCO1. The van der Waals surface area contributed by atoms with E-state index in [0.717, 1.165) is 25.4 Å². The molecule has 2 heteroatoms. The smallest absolute Gasteiger partial charge is 0.158 e. The van der Waals surface area contributed by atoms with Gasteiger partial charge in [0.2, 0.25) is 0 Å². The van der Waals surface area contributed by atoms with Crippen LogP contribution in [0.5, 0.6) is 0 Å². The molecule has 0 aromatic rings. The van der Waals surface area contributed by atoms with Crippen molar-refractivity contribution < 1.29 is 9.47 Å². The normalized spacial score (nSPS) is 32.9. The largest absolute Gasteiger partial charge is 0.353 e. The maximum absolute atomic E-state index is 5.52. The number of ether oxygens (including phenoxy) is 2. The van der Waals surface area contributed by atoms with Crippen molar-refractivity contribution in [2.45, 2.75) is 44.8 Å². The number of hydrogen-bond donors (Lipinski definition) is 0. The molecule has 2 aliphatic rings. The zero-order chi connectivity index (χ0) is 11.2. The Labute approximate surface area is 98.7 Å². The molecule has 2 fully saturated rings. The Kier molecular flexibility index (Phi) is 4.69. The Bertz CT molecular complexity index is 258. The van der Waals surface area contributed by atoms with E-state index >= 15 is 0 Å². The van der Waals surface area contributed by atoms with Crippen LogP contribution in [-0.4, -0.2) is 19.5 Å². The average Bonchev–Trinajstić information content (AvgIpc) is 3.01. The van der Waals surface area contributed by atoms with E-state index in [0.29, 0.717) is 12.5 Å². The van der Waals surface area contributed by atoms with Crippen LogP contribution in [0.15, 0.2) is 0 Å². The highest BCUT2D eigenvalue weighted by molar-refractivity contribution is 5.01. The first kappa shape index (κ1) is 12.0. The fourth-order valence-electron chi connectivity index (χ4n) is 2.04. The molecule has 1 radical (unpaired) electrons. The topological polar surface area (TPSA) is 18.5 Å². The third kappa shape index (κ3) is 4.15. The van der Waals surface area contributed by atoms with Gasteiger partial charge in [-0.1, -0.05) is 5.92 Å². The summed E-state index contributed by atoms with van der Waals surface area (Å²) < 4.78 is 11.0. The second-order valence-electron chi connectivity index (χ2n) is 4.76. The van der Waals surface area contributed by atoms with E-state index < -0.39 is 0 Å². The number of hydrogen-bond acceptors (Lipinski definition) is 2. The Morgan fingerprint density at radius 3 is 2.88 bits per heavy atom. The van der Waals surface area contributed by atoms with Crippen molar-refractivity contribution in [1.29, 1.82) is 0 Å². The van der Waals surface area contributed by atoms with Crippen molar-refractivity contribution in [3.05, 3.63) is 6.92 Å². The Balaban J connectivity index is 1.48. The Hall–Kier alpha value is -0.520. The van der Waals surface area contributed by atoms with E-state index in [4.69, 9.17) is 9.47 Å². The maximum atomic E-state index is 5.52. The molecule has 0 aromatic carbocycles. The van der Waals surface area contributed by atoms with Gasteiger partial charge >= 0.3 is 0 Å². The molecule has 1 saturated heterocycles. The van der Waals surface area contributed by atoms with E-state index in [-0.39, 0.29) is 6.29 Å². The molecule has 0 bridgehead atoms. The van der Waals surface area contributed by atoms with Gasteiger partial charge in [-0.25, -0.2) is 0 Å². The van der Waals surface area contributed by atoms with Crippen molar-refractivity contribution in [2.24, 2.45) is 11.8 Å². The summed E-state index contributed by atoms with van der Waals surface area (Å²) in [4.78, 5) is 0. The minimum Gasteiger partial charge on any atom is -0.353 e. The second-order valence-corrected chi connectivity index (χ2v) is 4.76. The van der Waals surface area contributed by atoms with Crippen LogP contribution < -0.4 is 0 Å². The van der Waals surface area contributed by atoms with E-state index in [2.05, 4.69) is 18.8 Å². The Morgan fingerprint density at radius 1 is 1.31 bits per heavy atom. The highest BCUT2D eigenvalue weighted by Crippen LogP contribution is 2.40. The minimum absolute atomic E-state index is 0.00398. The predicted molar refractivity (Wildman–Crippen MR) is 63.5 cm³/mol. The molecular weight excluding hydrogens is 200 g/mol. The molecule has 3 unspecified atom stereocenters. The molecule has 2 nitrogen and oxygen atoms in total. The summed E-state index contributed by atoms with van der Waals surface area (Å²) in [6.07, 6.45) is 6.90. The summed E-state index contributed by atoms with van der Waals surface area (Å²) in [7, 11) is 0. The van der Waals surface area contributed by atoms with Gasteiger partial charge in [-0.3, -0.25) is 0 Å². The van der Waals surface area contributed by atoms with Gasteiger partial charge in [0.25, 0.3) is 0 Å². The second kappa shape index (κ2) is 6.27. The summed E-state index contributed by atoms with van der Waals surface area (Å²) in [5, 5.41) is 0. The van der Waals surface area contributed by atoms with Crippen LogP contribution in [0.25, 0.3) is 0 Å². The average molecular weight is 221 g/mol. The molecule has 3 atom stereocenters. The van der Waals surface area contributed by atoms with Crippen LogP contribution in [0.1, 0.15) is 38.5 Å². The zero-order valence-electron chi connectivity index (χ0n) is 9.91. The molecule has 16 heavy (non-hydrogen) atoms. The number of rotatable bonds is 4. The lowest BCUT2D eigenvalue weighted by atomic mass is 10.2. The van der Waals surface area contributed by atoms with Gasteiger partial charge < -0.3 is 9.47 Å². The maximum Gasteiger partial charge on any atom is 0.158 e. The highest BCUT2D eigenvalue weighted by atomic mass is 16.7. The van der Waals surface area contributed by atoms with E-state index in [1.165, 1.54) is 25.7 Å². The van der Waals surface area contributed by atoms with Crippen LogP contribution in [-0.2, 0) is 9.47 Å².